The van der Waals surface area contributed by atoms with Crippen LogP contribution in [0.3, 0.4) is 0 Å². The Bertz CT molecular complexity index is 419. The van der Waals surface area contributed by atoms with Gasteiger partial charge in [0.2, 0.25) is 5.91 Å². The molecule has 0 aromatic carbocycles. The first-order valence-electron chi connectivity index (χ1n) is 7.26. The fourth-order valence-corrected chi connectivity index (χ4v) is 1.51. The number of hydrogen-bond acceptors (Lipinski definition) is 7. The van der Waals surface area contributed by atoms with E-state index in [9.17, 15) is 19.5 Å². The molecule has 23 heavy (non-hydrogen) atoms. The van der Waals surface area contributed by atoms with Gasteiger partial charge in [-0.2, -0.15) is 0 Å². The molecule has 9 heteroatoms. The van der Waals surface area contributed by atoms with Crippen LogP contribution in [0.2, 0.25) is 0 Å². The number of nitrogens with one attached hydrogen (secondary N) is 2. The molecule has 0 saturated carbocycles. The lowest BCUT2D eigenvalue weighted by Gasteiger charge is -2.22. The van der Waals surface area contributed by atoms with Crippen molar-refractivity contribution in [3.8, 4) is 0 Å². The lowest BCUT2D eigenvalue weighted by Crippen LogP contribution is -2.53. The smallest absolute Gasteiger partial charge is 0.407 e. The second kappa shape index (κ2) is 9.31. The largest absolute Gasteiger partial charge is 0.467 e. The standard InChI is InChI=1S/C14H27N3O6/c1-8(18)10(15)11(19)17-9(12(20)22-5)6-7-16-13(21)23-14(2,3)4/h8-10,18H,6-7,15H2,1-5H3,(H,16,21)(H,17,19)/t8-,9+,10+/m1/s1. The third kappa shape index (κ3) is 8.99. The molecule has 9 nitrogen and oxygen atoms in total. The van der Waals surface area contributed by atoms with E-state index in [2.05, 4.69) is 15.4 Å². The molecule has 0 bridgehead atoms. The van der Waals surface area contributed by atoms with Crippen LogP contribution in [0.4, 0.5) is 4.79 Å². The van der Waals surface area contributed by atoms with E-state index in [-0.39, 0.29) is 13.0 Å². The lowest BCUT2D eigenvalue weighted by atomic mass is 10.1. The molecule has 0 aromatic heterocycles. The maximum atomic E-state index is 11.8. The lowest BCUT2D eigenvalue weighted by molar-refractivity contribution is -0.145. The molecule has 5 N–H and O–H groups in total. The summed E-state index contributed by atoms with van der Waals surface area (Å²) in [5, 5.41) is 14.1. The molecule has 3 atom stereocenters. The highest BCUT2D eigenvalue weighted by atomic mass is 16.6. The highest BCUT2D eigenvalue weighted by Crippen LogP contribution is 2.06. The van der Waals surface area contributed by atoms with Crippen LogP contribution in [0.1, 0.15) is 34.1 Å². The maximum Gasteiger partial charge on any atom is 0.407 e. The van der Waals surface area contributed by atoms with Crippen LogP contribution in [-0.4, -0.2) is 60.5 Å². The SMILES string of the molecule is COC(=O)[C@H](CCNC(=O)OC(C)(C)C)NC(=O)[C@@H](N)[C@@H](C)O. The van der Waals surface area contributed by atoms with Crippen LogP contribution in [0.15, 0.2) is 0 Å². The molecular weight excluding hydrogens is 306 g/mol. The predicted octanol–water partition coefficient (Wildman–Crippen LogP) is -0.733. The Balaban J connectivity index is 4.50. The first kappa shape index (κ1) is 21.1. The van der Waals surface area contributed by atoms with Gasteiger partial charge >= 0.3 is 12.1 Å². The third-order valence-corrected chi connectivity index (χ3v) is 2.73. The number of nitrogens with two attached hydrogens (primary N) is 1. The Hall–Kier alpha value is -1.87. The van der Waals surface area contributed by atoms with Crippen LogP contribution in [-0.2, 0) is 19.1 Å². The quantitative estimate of drug-likeness (QED) is 0.450. The number of methoxy groups -OCH3 is 1. The minimum atomic E-state index is -1.17. The summed E-state index contributed by atoms with van der Waals surface area (Å²) in [6.07, 6.45) is -1.61. The Morgan fingerprint density at radius 1 is 1.26 bits per heavy atom. The van der Waals surface area contributed by atoms with Gasteiger partial charge < -0.3 is 30.9 Å². The Kier molecular flexibility index (Phi) is 8.55. The molecule has 0 fully saturated rings. The van der Waals surface area contributed by atoms with Crippen molar-refractivity contribution in [3.05, 3.63) is 0 Å². The number of hydrogen-bond donors (Lipinski definition) is 4. The topological polar surface area (TPSA) is 140 Å². The number of aliphatic hydroxyl groups is 1. The number of carbonyl (C=O) groups excluding carboxylic acids is 3. The van der Waals surface area contributed by atoms with Gasteiger partial charge in [0.25, 0.3) is 0 Å². The van der Waals surface area contributed by atoms with Gasteiger partial charge in [-0.15, -0.1) is 0 Å². The zero-order valence-electron chi connectivity index (χ0n) is 14.2. The molecule has 0 aromatic rings. The zero-order chi connectivity index (χ0) is 18.2. The Morgan fingerprint density at radius 3 is 2.26 bits per heavy atom. The average molecular weight is 333 g/mol. The first-order chi connectivity index (χ1) is 10.5. The monoisotopic (exact) mass is 333 g/mol. The summed E-state index contributed by atoms with van der Waals surface area (Å²) in [6, 6.07) is -2.16. The van der Waals surface area contributed by atoms with Gasteiger partial charge in [-0.3, -0.25) is 4.79 Å². The number of alkyl carbamates (subject to hydrolysis) is 1. The Labute approximate surface area is 135 Å². The van der Waals surface area contributed by atoms with E-state index in [1.54, 1.807) is 20.8 Å². The summed E-state index contributed by atoms with van der Waals surface area (Å²) < 4.78 is 9.64. The van der Waals surface area contributed by atoms with Crippen LogP contribution in [0, 0.1) is 0 Å². The van der Waals surface area contributed by atoms with E-state index >= 15 is 0 Å². The summed E-state index contributed by atoms with van der Waals surface area (Å²) in [5.74, 6) is -1.37. The molecule has 0 aliphatic heterocycles. The van der Waals surface area contributed by atoms with E-state index in [1.807, 2.05) is 0 Å². The van der Waals surface area contributed by atoms with Crippen LogP contribution < -0.4 is 16.4 Å². The van der Waals surface area contributed by atoms with E-state index < -0.39 is 41.8 Å². The molecule has 0 unspecified atom stereocenters. The molecule has 0 aliphatic carbocycles. The van der Waals surface area contributed by atoms with Gasteiger partial charge in [0.15, 0.2) is 0 Å². The summed E-state index contributed by atoms with van der Waals surface area (Å²) in [6.45, 7) is 6.62. The van der Waals surface area contributed by atoms with Crippen molar-refractivity contribution in [2.24, 2.45) is 5.73 Å². The molecule has 0 saturated heterocycles. The highest BCUT2D eigenvalue weighted by Gasteiger charge is 2.26. The molecule has 0 spiro atoms. The van der Waals surface area contributed by atoms with Crippen molar-refractivity contribution < 1.29 is 29.0 Å². The van der Waals surface area contributed by atoms with Crippen molar-refractivity contribution in [1.82, 2.24) is 10.6 Å². The summed E-state index contributed by atoms with van der Waals surface area (Å²) in [7, 11) is 1.18. The van der Waals surface area contributed by atoms with Crippen molar-refractivity contribution in [1.29, 1.82) is 0 Å². The second-order valence-corrected chi connectivity index (χ2v) is 6.07. The van der Waals surface area contributed by atoms with E-state index in [4.69, 9.17) is 10.5 Å². The van der Waals surface area contributed by atoms with Gasteiger partial charge in [0.05, 0.1) is 13.2 Å². The minimum absolute atomic E-state index is 0.0822. The van der Waals surface area contributed by atoms with E-state index in [0.717, 1.165) is 0 Å². The van der Waals surface area contributed by atoms with E-state index in [0.29, 0.717) is 0 Å². The van der Waals surface area contributed by atoms with Crippen molar-refractivity contribution in [3.63, 3.8) is 0 Å². The van der Waals surface area contributed by atoms with Gasteiger partial charge in [0, 0.05) is 6.54 Å². The van der Waals surface area contributed by atoms with E-state index in [1.165, 1.54) is 14.0 Å². The number of ether oxygens (including phenoxy) is 2. The molecule has 0 radical (unpaired) electrons. The summed E-state index contributed by atoms with van der Waals surface area (Å²) in [5.41, 5.74) is 4.86. The zero-order valence-corrected chi connectivity index (χ0v) is 14.2. The highest BCUT2D eigenvalue weighted by molar-refractivity contribution is 5.87. The van der Waals surface area contributed by atoms with Crippen LogP contribution >= 0.6 is 0 Å². The number of rotatable bonds is 7. The second-order valence-electron chi connectivity index (χ2n) is 6.07. The van der Waals surface area contributed by atoms with Gasteiger partial charge in [-0.05, 0) is 34.1 Å². The van der Waals surface area contributed by atoms with Crippen LogP contribution in [0.5, 0.6) is 0 Å². The molecular formula is C14H27N3O6. The number of aliphatic hydroxyl groups excluding tert-OH is 1. The number of amides is 2. The van der Waals surface area contributed by atoms with Gasteiger partial charge in [-0.1, -0.05) is 0 Å². The number of carbonyl (C=O) groups is 3. The average Bonchev–Trinajstić information content (AvgIpc) is 2.42. The summed E-state index contributed by atoms with van der Waals surface area (Å²) >= 11 is 0. The van der Waals surface area contributed by atoms with Crippen LogP contribution in [0.25, 0.3) is 0 Å². The molecule has 0 heterocycles. The van der Waals surface area contributed by atoms with Crippen molar-refractivity contribution >= 4 is 18.0 Å². The fraction of sp³-hybridized carbons (Fsp3) is 0.786. The molecule has 2 amide bonds. The normalized spacial score (nSPS) is 15.1. The van der Waals surface area contributed by atoms with Gasteiger partial charge in [0.1, 0.15) is 17.7 Å². The maximum absolute atomic E-state index is 11.8. The predicted molar refractivity (Wildman–Crippen MR) is 82.5 cm³/mol. The minimum Gasteiger partial charge on any atom is -0.467 e. The summed E-state index contributed by atoms with van der Waals surface area (Å²) in [4.78, 5) is 35.0. The molecule has 0 aliphatic rings. The molecule has 0 rings (SSSR count). The Morgan fingerprint density at radius 2 is 1.83 bits per heavy atom. The number of esters is 1. The third-order valence-electron chi connectivity index (χ3n) is 2.73. The van der Waals surface area contributed by atoms with Crippen molar-refractivity contribution in [2.75, 3.05) is 13.7 Å². The first-order valence-corrected chi connectivity index (χ1v) is 7.26. The fourth-order valence-electron chi connectivity index (χ4n) is 1.51. The van der Waals surface area contributed by atoms with Crippen molar-refractivity contribution in [2.45, 2.75) is 57.9 Å². The van der Waals surface area contributed by atoms with Gasteiger partial charge in [-0.25, -0.2) is 9.59 Å². The molecule has 134 valence electrons.